The van der Waals surface area contributed by atoms with Crippen LogP contribution in [-0.4, -0.2) is 43.4 Å². The molecular weight excluding hydrogens is 268 g/mol. The normalized spacial score (nSPS) is 15.8. The lowest BCUT2D eigenvalue weighted by molar-refractivity contribution is 0.387. The van der Waals surface area contributed by atoms with Crippen molar-refractivity contribution in [3.05, 3.63) is 11.7 Å². The average molecular weight is 288 g/mol. The highest BCUT2D eigenvalue weighted by atomic mass is 32.2. The Hall–Kier alpha value is -0.990. The number of nitrogens with one attached hydrogen (secondary N) is 2. The lowest BCUT2D eigenvalue weighted by atomic mass is 10.4. The Morgan fingerprint density at radius 2 is 2.16 bits per heavy atom. The molecule has 0 radical (unpaired) electrons. The zero-order chi connectivity index (χ0) is 13.7. The summed E-state index contributed by atoms with van der Waals surface area (Å²) < 4.78 is 30.7. The van der Waals surface area contributed by atoms with E-state index in [1.165, 1.54) is 12.8 Å². The zero-order valence-corrected chi connectivity index (χ0v) is 11.9. The Balaban J connectivity index is 1.59. The first-order valence-electron chi connectivity index (χ1n) is 6.55. The van der Waals surface area contributed by atoms with Crippen LogP contribution in [0.15, 0.2) is 4.52 Å². The van der Waals surface area contributed by atoms with Crippen LogP contribution in [0.25, 0.3) is 0 Å². The maximum Gasteiger partial charge on any atom is 0.223 e. The maximum absolute atomic E-state index is 11.7. The van der Waals surface area contributed by atoms with E-state index < -0.39 is 10.0 Å². The van der Waals surface area contributed by atoms with E-state index in [1.54, 1.807) is 6.92 Å². The van der Waals surface area contributed by atoms with E-state index in [0.29, 0.717) is 37.1 Å². The summed E-state index contributed by atoms with van der Waals surface area (Å²) in [5.74, 6) is 1.16. The molecule has 0 unspecified atom stereocenters. The van der Waals surface area contributed by atoms with Gasteiger partial charge in [0.15, 0.2) is 5.82 Å². The Bertz CT molecular complexity index is 496. The molecule has 108 valence electrons. The number of hydrogen-bond acceptors (Lipinski definition) is 6. The smallest absolute Gasteiger partial charge is 0.223 e. The van der Waals surface area contributed by atoms with Crippen LogP contribution in [0.5, 0.6) is 0 Å². The van der Waals surface area contributed by atoms with Gasteiger partial charge in [-0.3, -0.25) is 0 Å². The lowest BCUT2D eigenvalue weighted by Gasteiger charge is -2.06. The Kier molecular flexibility index (Phi) is 4.89. The molecule has 1 aromatic rings. The summed E-state index contributed by atoms with van der Waals surface area (Å²) in [5, 5.41) is 7.00. The first kappa shape index (κ1) is 14.4. The molecule has 0 saturated heterocycles. The van der Waals surface area contributed by atoms with Crippen molar-refractivity contribution in [1.29, 1.82) is 0 Å². The molecule has 0 aliphatic heterocycles. The van der Waals surface area contributed by atoms with E-state index in [4.69, 9.17) is 4.52 Å². The quantitative estimate of drug-likeness (QED) is 0.620. The van der Waals surface area contributed by atoms with Gasteiger partial charge in [0.1, 0.15) is 0 Å². The van der Waals surface area contributed by atoms with Gasteiger partial charge in [-0.1, -0.05) is 5.16 Å². The summed E-state index contributed by atoms with van der Waals surface area (Å²) in [5.41, 5.74) is 0. The van der Waals surface area contributed by atoms with Gasteiger partial charge in [0, 0.05) is 25.9 Å². The molecule has 2 rings (SSSR count). The minimum absolute atomic E-state index is 0.151. The third-order valence-electron chi connectivity index (χ3n) is 2.84. The third kappa shape index (κ3) is 5.66. The third-order valence-corrected chi connectivity index (χ3v) is 4.31. The van der Waals surface area contributed by atoms with Crippen LogP contribution in [0, 0.1) is 6.92 Å². The number of hydrogen-bond donors (Lipinski definition) is 2. The van der Waals surface area contributed by atoms with Crippen LogP contribution in [0.1, 0.15) is 31.0 Å². The van der Waals surface area contributed by atoms with E-state index in [9.17, 15) is 8.42 Å². The molecule has 19 heavy (non-hydrogen) atoms. The first-order valence-corrected chi connectivity index (χ1v) is 8.20. The number of rotatable bonds is 9. The molecule has 1 saturated carbocycles. The molecule has 0 amide bonds. The maximum atomic E-state index is 11.7. The highest BCUT2D eigenvalue weighted by Crippen LogP contribution is 2.18. The van der Waals surface area contributed by atoms with E-state index in [-0.39, 0.29) is 5.75 Å². The van der Waals surface area contributed by atoms with Crippen LogP contribution in [0.4, 0.5) is 0 Å². The second-order valence-electron chi connectivity index (χ2n) is 4.77. The Labute approximate surface area is 113 Å². The van der Waals surface area contributed by atoms with Crippen LogP contribution in [0.3, 0.4) is 0 Å². The van der Waals surface area contributed by atoms with Gasteiger partial charge in [-0.15, -0.1) is 0 Å². The van der Waals surface area contributed by atoms with Crippen LogP contribution < -0.4 is 10.0 Å². The number of aromatic nitrogens is 2. The molecule has 1 fully saturated rings. The zero-order valence-electron chi connectivity index (χ0n) is 11.1. The molecular formula is C11H20N4O3S. The minimum Gasteiger partial charge on any atom is -0.340 e. The van der Waals surface area contributed by atoms with Crippen molar-refractivity contribution in [1.82, 2.24) is 20.2 Å². The summed E-state index contributed by atoms with van der Waals surface area (Å²) in [7, 11) is -3.20. The molecule has 0 bridgehead atoms. The van der Waals surface area contributed by atoms with Gasteiger partial charge < -0.3 is 9.84 Å². The van der Waals surface area contributed by atoms with Crippen molar-refractivity contribution in [3.63, 3.8) is 0 Å². The van der Waals surface area contributed by atoms with E-state index in [0.717, 1.165) is 6.54 Å². The van der Waals surface area contributed by atoms with Crippen LogP contribution >= 0.6 is 0 Å². The monoisotopic (exact) mass is 288 g/mol. The van der Waals surface area contributed by atoms with Crippen molar-refractivity contribution in [2.24, 2.45) is 0 Å². The molecule has 0 atom stereocenters. The summed E-state index contributed by atoms with van der Waals surface area (Å²) in [6.45, 7) is 2.76. The Morgan fingerprint density at radius 1 is 1.37 bits per heavy atom. The largest absolute Gasteiger partial charge is 0.340 e. The fourth-order valence-electron chi connectivity index (χ4n) is 1.69. The SMILES string of the molecule is Cc1nc(CCNS(=O)(=O)CCCNC2CC2)no1. The van der Waals surface area contributed by atoms with Gasteiger partial charge in [0.05, 0.1) is 5.75 Å². The highest BCUT2D eigenvalue weighted by Gasteiger charge is 2.20. The standard InChI is InChI=1S/C11H20N4O3S/c1-9-14-11(15-18-9)5-7-13-19(16,17)8-2-6-12-10-3-4-10/h10,12-13H,2-8H2,1H3. The van der Waals surface area contributed by atoms with Gasteiger partial charge in [0.25, 0.3) is 0 Å². The molecule has 1 aliphatic carbocycles. The molecule has 0 aromatic carbocycles. The van der Waals surface area contributed by atoms with Gasteiger partial charge >= 0.3 is 0 Å². The van der Waals surface area contributed by atoms with E-state index in [2.05, 4.69) is 20.2 Å². The predicted octanol–water partition coefficient (Wildman–Crippen LogP) is -0.0180. The van der Waals surface area contributed by atoms with Crippen LogP contribution in [-0.2, 0) is 16.4 Å². The van der Waals surface area contributed by atoms with Crippen molar-refractivity contribution in [2.75, 3.05) is 18.8 Å². The first-order chi connectivity index (χ1) is 9.05. The second-order valence-corrected chi connectivity index (χ2v) is 6.70. The predicted molar refractivity (Wildman–Crippen MR) is 70.2 cm³/mol. The van der Waals surface area contributed by atoms with E-state index in [1.807, 2.05) is 0 Å². The molecule has 1 aliphatic rings. The van der Waals surface area contributed by atoms with Gasteiger partial charge in [0.2, 0.25) is 15.9 Å². The topological polar surface area (TPSA) is 97.1 Å². The Morgan fingerprint density at radius 3 is 2.79 bits per heavy atom. The van der Waals surface area contributed by atoms with Gasteiger partial charge in [-0.05, 0) is 25.8 Å². The molecule has 7 nitrogen and oxygen atoms in total. The summed E-state index contributed by atoms with van der Waals surface area (Å²) in [4.78, 5) is 4.01. The molecule has 1 aromatic heterocycles. The van der Waals surface area contributed by atoms with Crippen molar-refractivity contribution in [2.45, 2.75) is 38.6 Å². The average Bonchev–Trinajstić information content (AvgIpc) is 3.08. The summed E-state index contributed by atoms with van der Waals surface area (Å²) >= 11 is 0. The summed E-state index contributed by atoms with van der Waals surface area (Å²) in [6, 6.07) is 0.622. The lowest BCUT2D eigenvalue weighted by Crippen LogP contribution is -2.30. The molecule has 0 spiro atoms. The van der Waals surface area contributed by atoms with Crippen molar-refractivity contribution in [3.8, 4) is 0 Å². The van der Waals surface area contributed by atoms with Crippen molar-refractivity contribution >= 4 is 10.0 Å². The molecule has 1 heterocycles. The van der Waals surface area contributed by atoms with Crippen LogP contribution in [0.2, 0.25) is 0 Å². The minimum atomic E-state index is -3.20. The van der Waals surface area contributed by atoms with Gasteiger partial charge in [-0.25, -0.2) is 13.1 Å². The van der Waals surface area contributed by atoms with E-state index >= 15 is 0 Å². The fraction of sp³-hybridized carbons (Fsp3) is 0.818. The number of nitrogens with zero attached hydrogens (tertiary/aromatic N) is 2. The fourth-order valence-corrected chi connectivity index (χ4v) is 2.77. The molecule has 8 heteroatoms. The number of sulfonamides is 1. The highest BCUT2D eigenvalue weighted by molar-refractivity contribution is 7.89. The van der Waals surface area contributed by atoms with Gasteiger partial charge in [-0.2, -0.15) is 4.98 Å². The van der Waals surface area contributed by atoms with Crippen molar-refractivity contribution < 1.29 is 12.9 Å². The number of aryl methyl sites for hydroxylation is 1. The second kappa shape index (κ2) is 6.44. The summed E-state index contributed by atoms with van der Waals surface area (Å²) in [6.07, 6.45) is 3.51. The molecule has 2 N–H and O–H groups in total.